The highest BCUT2D eigenvalue weighted by Gasteiger charge is 2.65. The normalized spacial score (nSPS) is 22.8. The van der Waals surface area contributed by atoms with Gasteiger partial charge in [-0.3, -0.25) is 14.4 Å². The van der Waals surface area contributed by atoms with Crippen molar-refractivity contribution in [2.24, 2.45) is 16.7 Å². The van der Waals surface area contributed by atoms with Crippen LogP contribution in [0.5, 0.6) is 5.75 Å². The number of hydrogen-bond donors (Lipinski definition) is 3. The molecule has 2 aliphatic carbocycles. The molecular formula is C26H33N3O7S2. The molecule has 10 nitrogen and oxygen atoms in total. The number of anilines is 1. The third-order valence-electron chi connectivity index (χ3n) is 8.05. The Labute approximate surface area is 226 Å². The van der Waals surface area contributed by atoms with Crippen LogP contribution in [0.1, 0.15) is 51.5 Å². The van der Waals surface area contributed by atoms with Crippen molar-refractivity contribution in [2.45, 2.75) is 58.4 Å². The summed E-state index contributed by atoms with van der Waals surface area (Å²) in [4.78, 5) is 40.5. The van der Waals surface area contributed by atoms with Gasteiger partial charge >= 0.3 is 5.97 Å². The number of ether oxygens (including phenoxy) is 1. The Kier molecular flexibility index (Phi) is 8.24. The fourth-order valence-corrected chi connectivity index (χ4v) is 8.29. The van der Waals surface area contributed by atoms with E-state index < -0.39 is 32.9 Å². The van der Waals surface area contributed by atoms with E-state index in [0.29, 0.717) is 42.3 Å². The van der Waals surface area contributed by atoms with Crippen molar-refractivity contribution in [2.75, 3.05) is 17.7 Å². The number of nitrogens with zero attached hydrogens (tertiary/aromatic N) is 1. The van der Waals surface area contributed by atoms with Crippen molar-refractivity contribution >= 4 is 44.2 Å². The minimum Gasteiger partial charge on any atom is -0.494 e. The number of sulfonamides is 1. The first-order chi connectivity index (χ1) is 17.9. The number of carbonyl (C=O) groups is 3. The number of benzene rings is 1. The first kappa shape index (κ1) is 28.2. The SMILES string of the molecule is CC1(C)C2CC[C@]1(CS(=O)(=O)N[C@@H](Cc1ccc(OCCCC(=O)Nc3nccs3)cc1)C(=O)O)C(=O)C2. The molecule has 1 heterocycles. The number of carboxylic acid groups (broad SMARTS) is 1. The van der Waals surface area contributed by atoms with Crippen molar-refractivity contribution in [1.29, 1.82) is 0 Å². The molecule has 1 aromatic carbocycles. The molecule has 1 amide bonds. The summed E-state index contributed by atoms with van der Waals surface area (Å²) in [5.74, 6) is -1.13. The Morgan fingerprint density at radius 1 is 1.26 bits per heavy atom. The zero-order valence-corrected chi connectivity index (χ0v) is 23.1. The van der Waals surface area contributed by atoms with Crippen LogP contribution in [0.25, 0.3) is 0 Å². The number of thiazole rings is 1. The van der Waals surface area contributed by atoms with Crippen molar-refractivity contribution in [3.8, 4) is 5.75 Å². The molecular weight excluding hydrogens is 530 g/mol. The summed E-state index contributed by atoms with van der Waals surface area (Å²) in [5, 5.41) is 14.7. The molecule has 0 spiro atoms. The molecule has 0 saturated heterocycles. The van der Waals surface area contributed by atoms with Gasteiger partial charge in [-0.1, -0.05) is 26.0 Å². The molecule has 38 heavy (non-hydrogen) atoms. The first-order valence-electron chi connectivity index (χ1n) is 12.6. The Balaban J connectivity index is 1.28. The number of amides is 1. The van der Waals surface area contributed by atoms with Crippen molar-refractivity contribution in [3.63, 3.8) is 0 Å². The molecule has 2 fully saturated rings. The maximum atomic E-state index is 13.1. The number of carbonyl (C=O) groups excluding carboxylic acids is 2. The zero-order chi connectivity index (χ0) is 27.6. The summed E-state index contributed by atoms with van der Waals surface area (Å²) in [6.07, 6.45) is 4.05. The molecule has 4 rings (SSSR count). The maximum Gasteiger partial charge on any atom is 0.322 e. The average Bonchev–Trinajstić information content (AvgIpc) is 3.48. The lowest BCUT2D eigenvalue weighted by Gasteiger charge is -2.36. The lowest BCUT2D eigenvalue weighted by atomic mass is 9.70. The van der Waals surface area contributed by atoms with E-state index in [1.54, 1.807) is 35.8 Å². The number of aromatic nitrogens is 1. The zero-order valence-electron chi connectivity index (χ0n) is 21.4. The summed E-state index contributed by atoms with van der Waals surface area (Å²) in [7, 11) is -4.04. The van der Waals surface area contributed by atoms with Gasteiger partial charge in [0.05, 0.1) is 12.4 Å². The van der Waals surface area contributed by atoms with E-state index in [0.717, 1.165) is 6.42 Å². The smallest absolute Gasteiger partial charge is 0.322 e. The molecule has 0 radical (unpaired) electrons. The molecule has 2 aromatic rings. The van der Waals surface area contributed by atoms with Crippen molar-refractivity contribution < 1.29 is 32.6 Å². The topological polar surface area (TPSA) is 152 Å². The number of carboxylic acids is 1. The Morgan fingerprint density at radius 3 is 2.58 bits per heavy atom. The lowest BCUT2D eigenvalue weighted by molar-refractivity contribution is -0.139. The van der Waals surface area contributed by atoms with Crippen LogP contribution in [0, 0.1) is 16.7 Å². The van der Waals surface area contributed by atoms with E-state index in [-0.39, 0.29) is 36.2 Å². The van der Waals surface area contributed by atoms with Gasteiger partial charge in [-0.15, -0.1) is 11.3 Å². The second-order valence-electron chi connectivity index (χ2n) is 10.6. The van der Waals surface area contributed by atoms with Crippen LogP contribution in [0.3, 0.4) is 0 Å². The highest BCUT2D eigenvalue weighted by molar-refractivity contribution is 7.89. The van der Waals surface area contributed by atoms with E-state index >= 15 is 0 Å². The van der Waals surface area contributed by atoms with E-state index in [2.05, 4.69) is 15.0 Å². The predicted octanol–water partition coefficient (Wildman–Crippen LogP) is 3.25. The third kappa shape index (κ3) is 6.08. The molecule has 0 aliphatic heterocycles. The van der Waals surface area contributed by atoms with Crippen LogP contribution >= 0.6 is 11.3 Å². The van der Waals surface area contributed by atoms with E-state index in [4.69, 9.17) is 4.74 Å². The van der Waals surface area contributed by atoms with Crippen molar-refractivity contribution in [3.05, 3.63) is 41.4 Å². The van der Waals surface area contributed by atoms with Crippen LogP contribution in [0.15, 0.2) is 35.8 Å². The number of hydrogen-bond acceptors (Lipinski definition) is 8. The van der Waals surface area contributed by atoms with Crippen molar-refractivity contribution in [1.82, 2.24) is 9.71 Å². The van der Waals surface area contributed by atoms with Crippen LogP contribution in [0.4, 0.5) is 5.13 Å². The van der Waals surface area contributed by atoms with Gasteiger partial charge in [-0.05, 0) is 54.7 Å². The highest BCUT2D eigenvalue weighted by atomic mass is 32.2. The molecule has 1 aromatic heterocycles. The van der Waals surface area contributed by atoms with E-state index in [1.165, 1.54) is 11.3 Å². The maximum absolute atomic E-state index is 13.1. The summed E-state index contributed by atoms with van der Waals surface area (Å²) in [6.45, 7) is 4.21. The summed E-state index contributed by atoms with van der Waals surface area (Å²) < 4.78 is 34.1. The second-order valence-corrected chi connectivity index (χ2v) is 13.3. The Hall–Kier alpha value is -2.83. The number of nitrogens with one attached hydrogen (secondary N) is 2. The molecule has 2 saturated carbocycles. The van der Waals surface area contributed by atoms with Gasteiger partial charge in [0.15, 0.2) is 5.13 Å². The van der Waals surface area contributed by atoms with Crippen LogP contribution in [-0.4, -0.2) is 54.6 Å². The quantitative estimate of drug-likeness (QED) is 0.314. The molecule has 2 aliphatic rings. The Bertz CT molecular complexity index is 1280. The van der Waals surface area contributed by atoms with Crippen LogP contribution < -0.4 is 14.8 Å². The standard InChI is InChI=1S/C26H33N3O7S2/c1-25(2)18-9-10-26(25,21(30)15-18)16-38(34,35)29-20(23(32)33)14-17-5-7-19(8-6-17)36-12-3-4-22(31)28-24-27-11-13-37-24/h5-8,11,13,18,20,29H,3-4,9-10,12,14-16H2,1-2H3,(H,32,33)(H,27,28,31)/t18?,20-,26-/m0/s1. The number of rotatable bonds is 13. The molecule has 12 heteroatoms. The van der Waals surface area contributed by atoms with Gasteiger partial charge in [-0.2, -0.15) is 0 Å². The summed E-state index contributed by atoms with van der Waals surface area (Å²) in [5.41, 5.74) is -0.780. The number of fused-ring (bicyclic) bond motifs is 2. The first-order valence-corrected chi connectivity index (χ1v) is 15.1. The Morgan fingerprint density at radius 2 is 2.00 bits per heavy atom. The van der Waals surface area contributed by atoms with Gasteiger partial charge < -0.3 is 15.2 Å². The fourth-order valence-electron chi connectivity index (χ4n) is 5.72. The molecule has 3 atom stereocenters. The molecule has 1 unspecified atom stereocenters. The van der Waals surface area contributed by atoms with E-state index in [1.807, 2.05) is 13.8 Å². The minimum atomic E-state index is -4.04. The molecule has 3 N–H and O–H groups in total. The molecule has 2 bridgehead atoms. The van der Waals surface area contributed by atoms with Gasteiger partial charge in [0, 0.05) is 29.8 Å². The summed E-state index contributed by atoms with van der Waals surface area (Å²) in [6, 6.07) is 5.35. The molecule has 206 valence electrons. The van der Waals surface area contributed by atoms with E-state index in [9.17, 15) is 27.9 Å². The fraction of sp³-hybridized carbons (Fsp3) is 0.538. The monoisotopic (exact) mass is 563 g/mol. The predicted molar refractivity (Wildman–Crippen MR) is 143 cm³/mol. The average molecular weight is 564 g/mol. The van der Waals surface area contributed by atoms with Gasteiger partial charge in [0.1, 0.15) is 17.6 Å². The van der Waals surface area contributed by atoms with Gasteiger partial charge in [0.2, 0.25) is 15.9 Å². The number of Topliss-reactive ketones (excluding diaryl/α,β-unsaturated/α-hetero) is 1. The minimum absolute atomic E-state index is 0.0354. The van der Waals surface area contributed by atoms with Gasteiger partial charge in [-0.25, -0.2) is 18.1 Å². The summed E-state index contributed by atoms with van der Waals surface area (Å²) >= 11 is 1.34. The van der Waals surface area contributed by atoms with Crippen LogP contribution in [-0.2, 0) is 30.8 Å². The second kappa shape index (κ2) is 11.1. The van der Waals surface area contributed by atoms with Gasteiger partial charge in [0.25, 0.3) is 0 Å². The highest BCUT2D eigenvalue weighted by Crippen LogP contribution is 2.64. The largest absolute Gasteiger partial charge is 0.494 e. The lowest BCUT2D eigenvalue weighted by Crippen LogP contribution is -2.49. The third-order valence-corrected chi connectivity index (χ3v) is 10.3. The van der Waals surface area contributed by atoms with Crippen LogP contribution in [0.2, 0.25) is 0 Å². The number of aliphatic carboxylic acids is 1. The number of ketones is 1.